The third kappa shape index (κ3) is 8.14. The molecule has 0 aliphatic carbocycles. The summed E-state index contributed by atoms with van der Waals surface area (Å²) in [6, 6.07) is 0. The fraction of sp³-hybridized carbons (Fsp3) is 0.750. The van der Waals surface area contributed by atoms with E-state index in [1.54, 1.807) is 19.9 Å². The lowest BCUT2D eigenvalue weighted by molar-refractivity contribution is 0.104. The second kappa shape index (κ2) is 9.88. The first-order valence-corrected chi connectivity index (χ1v) is 5.47. The highest BCUT2D eigenvalue weighted by Crippen LogP contribution is 1.91. The van der Waals surface area contributed by atoms with Crippen LogP contribution in [0.25, 0.3) is 0 Å². The van der Waals surface area contributed by atoms with Crippen molar-refractivity contribution in [1.82, 2.24) is 0 Å². The Hall–Kier alpha value is -0.203. The van der Waals surface area contributed by atoms with Crippen molar-refractivity contribution < 1.29 is 18.3 Å². The largest absolute Gasteiger partial charge is 0.415 e. The van der Waals surface area contributed by atoms with Gasteiger partial charge in [-0.2, -0.15) is 0 Å². The third-order valence-electron chi connectivity index (χ3n) is 1.23. The van der Waals surface area contributed by atoms with Gasteiger partial charge in [-0.05, 0) is 5.70 Å². The number of ether oxygens (including phenoxy) is 2. The molecule has 77 valence electrons. The van der Waals surface area contributed by atoms with Crippen LogP contribution in [0.2, 0.25) is 0 Å². The van der Waals surface area contributed by atoms with Gasteiger partial charge in [0.25, 0.3) is 0 Å². The van der Waals surface area contributed by atoms with Gasteiger partial charge in [-0.15, -0.1) is 6.58 Å². The van der Waals surface area contributed by atoms with Crippen LogP contribution in [-0.4, -0.2) is 49.9 Å². The van der Waals surface area contributed by atoms with Crippen molar-refractivity contribution in [2.45, 2.75) is 0 Å². The molecule has 0 amide bonds. The molecule has 0 N–H and O–H groups in total. The van der Waals surface area contributed by atoms with E-state index in [0.29, 0.717) is 26.4 Å². The zero-order chi connectivity index (χ0) is 9.94. The van der Waals surface area contributed by atoms with Crippen molar-refractivity contribution in [1.29, 1.82) is 0 Å². The number of methoxy groups -OCH3 is 2. The predicted octanol–water partition coefficient (Wildman–Crippen LogP) is 0.526. The van der Waals surface area contributed by atoms with Gasteiger partial charge in [0.15, 0.2) is 0 Å². The molecule has 0 aliphatic heterocycles. The second-order valence-electron chi connectivity index (χ2n) is 2.21. The SMILES string of the molecule is C=C[Si](OCCOC)OCCOC. The lowest BCUT2D eigenvalue weighted by atomic mass is 10.8. The van der Waals surface area contributed by atoms with E-state index < -0.39 is 9.28 Å². The van der Waals surface area contributed by atoms with E-state index in [4.69, 9.17) is 18.3 Å². The minimum absolute atomic E-state index is 0.545. The molecule has 0 aromatic carbocycles. The Morgan fingerprint density at radius 2 is 1.46 bits per heavy atom. The number of hydrogen-bond donors (Lipinski definition) is 0. The fourth-order valence-electron chi connectivity index (χ4n) is 0.611. The second-order valence-corrected chi connectivity index (χ2v) is 3.83. The summed E-state index contributed by atoms with van der Waals surface area (Å²) in [5, 5.41) is 0. The number of rotatable bonds is 9. The van der Waals surface area contributed by atoms with Crippen molar-refractivity contribution >= 4 is 9.28 Å². The van der Waals surface area contributed by atoms with E-state index in [-0.39, 0.29) is 0 Å². The van der Waals surface area contributed by atoms with E-state index in [1.165, 1.54) is 0 Å². The molecule has 0 fully saturated rings. The molecule has 0 unspecified atom stereocenters. The molecule has 0 saturated carbocycles. The average Bonchev–Trinajstić information content (AvgIpc) is 2.16. The lowest BCUT2D eigenvalue weighted by Gasteiger charge is -2.10. The van der Waals surface area contributed by atoms with E-state index in [2.05, 4.69) is 6.58 Å². The van der Waals surface area contributed by atoms with Gasteiger partial charge in [0, 0.05) is 14.2 Å². The van der Waals surface area contributed by atoms with E-state index in [1.807, 2.05) is 0 Å². The summed E-state index contributed by atoms with van der Waals surface area (Å²) in [6.07, 6.45) is 0. The highest BCUT2D eigenvalue weighted by molar-refractivity contribution is 6.50. The molecule has 0 atom stereocenters. The molecule has 4 nitrogen and oxygen atoms in total. The molecular weight excluding hydrogens is 188 g/mol. The molecule has 0 bridgehead atoms. The monoisotopic (exact) mass is 205 g/mol. The minimum atomic E-state index is -1.33. The Kier molecular flexibility index (Phi) is 9.73. The van der Waals surface area contributed by atoms with Gasteiger partial charge in [-0.3, -0.25) is 0 Å². The van der Waals surface area contributed by atoms with E-state index in [0.717, 1.165) is 0 Å². The standard InChI is InChI=1S/C8H17O4Si/c1-4-13(11-7-5-9-2)12-8-6-10-3/h4H,1,5-8H2,2-3H3. The molecule has 13 heavy (non-hydrogen) atoms. The van der Waals surface area contributed by atoms with Crippen LogP contribution in [-0.2, 0) is 18.3 Å². The average molecular weight is 205 g/mol. The molecule has 0 aliphatic rings. The van der Waals surface area contributed by atoms with Crippen LogP contribution >= 0.6 is 0 Å². The Morgan fingerprint density at radius 1 is 1.00 bits per heavy atom. The van der Waals surface area contributed by atoms with Crippen LogP contribution < -0.4 is 0 Å². The van der Waals surface area contributed by atoms with E-state index in [9.17, 15) is 0 Å². The molecule has 5 heteroatoms. The van der Waals surface area contributed by atoms with Crippen molar-refractivity contribution in [3.8, 4) is 0 Å². The third-order valence-corrected chi connectivity index (χ3v) is 2.54. The maximum absolute atomic E-state index is 5.36. The zero-order valence-corrected chi connectivity index (χ0v) is 9.25. The predicted molar refractivity (Wildman–Crippen MR) is 51.6 cm³/mol. The van der Waals surface area contributed by atoms with Gasteiger partial charge in [0.05, 0.1) is 26.4 Å². The van der Waals surface area contributed by atoms with E-state index >= 15 is 0 Å². The molecule has 0 aromatic rings. The van der Waals surface area contributed by atoms with Gasteiger partial charge in [-0.1, -0.05) is 0 Å². The van der Waals surface area contributed by atoms with Crippen LogP contribution in [0.4, 0.5) is 0 Å². The van der Waals surface area contributed by atoms with Crippen molar-refractivity contribution in [3.63, 3.8) is 0 Å². The Bertz CT molecular complexity index is 111. The topological polar surface area (TPSA) is 36.9 Å². The van der Waals surface area contributed by atoms with Gasteiger partial charge in [0.2, 0.25) is 0 Å². The summed E-state index contributed by atoms with van der Waals surface area (Å²) in [5.41, 5.74) is 1.70. The van der Waals surface area contributed by atoms with Crippen LogP contribution in [0.3, 0.4) is 0 Å². The van der Waals surface area contributed by atoms with Gasteiger partial charge < -0.3 is 18.3 Å². The first-order valence-electron chi connectivity index (χ1n) is 4.08. The van der Waals surface area contributed by atoms with Crippen LogP contribution in [0.15, 0.2) is 12.3 Å². The molecule has 0 saturated heterocycles. The molecular formula is C8H17O4Si. The summed E-state index contributed by atoms with van der Waals surface area (Å²) in [5.74, 6) is 0. The van der Waals surface area contributed by atoms with Crippen molar-refractivity contribution in [2.24, 2.45) is 0 Å². The first-order chi connectivity index (χ1) is 6.35. The van der Waals surface area contributed by atoms with Crippen molar-refractivity contribution in [2.75, 3.05) is 40.6 Å². The highest BCUT2D eigenvalue weighted by Gasteiger charge is 2.09. The molecule has 0 rings (SSSR count). The normalized spacial score (nSPS) is 10.7. The lowest BCUT2D eigenvalue weighted by Crippen LogP contribution is -2.24. The van der Waals surface area contributed by atoms with Crippen LogP contribution in [0.1, 0.15) is 0 Å². The molecule has 0 aromatic heterocycles. The van der Waals surface area contributed by atoms with Crippen molar-refractivity contribution in [3.05, 3.63) is 12.3 Å². The summed E-state index contributed by atoms with van der Waals surface area (Å²) in [7, 11) is 1.94. The van der Waals surface area contributed by atoms with Crippen LogP contribution in [0.5, 0.6) is 0 Å². The summed E-state index contributed by atoms with van der Waals surface area (Å²) < 4.78 is 20.4. The van der Waals surface area contributed by atoms with Gasteiger partial charge >= 0.3 is 9.28 Å². The summed E-state index contributed by atoms with van der Waals surface area (Å²) in [4.78, 5) is 0. The molecule has 0 spiro atoms. The maximum Gasteiger partial charge on any atom is 0.415 e. The van der Waals surface area contributed by atoms with Gasteiger partial charge in [0.1, 0.15) is 0 Å². The first kappa shape index (κ1) is 12.8. The maximum atomic E-state index is 5.36. The molecule has 0 heterocycles. The smallest absolute Gasteiger partial charge is 0.388 e. The Labute approximate surface area is 81.3 Å². The van der Waals surface area contributed by atoms with Gasteiger partial charge in [-0.25, -0.2) is 0 Å². The summed E-state index contributed by atoms with van der Waals surface area (Å²) in [6.45, 7) is 5.88. The zero-order valence-electron chi connectivity index (χ0n) is 8.25. The Balaban J connectivity index is 3.34. The fourth-order valence-corrected chi connectivity index (χ4v) is 1.50. The van der Waals surface area contributed by atoms with Crippen LogP contribution in [0, 0.1) is 0 Å². The highest BCUT2D eigenvalue weighted by atomic mass is 28.3. The minimum Gasteiger partial charge on any atom is -0.388 e. The number of hydrogen-bond acceptors (Lipinski definition) is 4. The Morgan fingerprint density at radius 3 is 1.77 bits per heavy atom. The summed E-state index contributed by atoms with van der Waals surface area (Å²) >= 11 is 0. The molecule has 1 radical (unpaired) electrons. The quantitative estimate of drug-likeness (QED) is 0.406.